The van der Waals surface area contributed by atoms with Gasteiger partial charge in [0.2, 0.25) is 5.88 Å². The van der Waals surface area contributed by atoms with Crippen LogP contribution in [-0.2, 0) is 12.8 Å². The summed E-state index contributed by atoms with van der Waals surface area (Å²) in [5.41, 5.74) is 8.29. The van der Waals surface area contributed by atoms with Crippen LogP contribution in [0, 0.1) is 5.41 Å². The van der Waals surface area contributed by atoms with Crippen LogP contribution in [0.15, 0.2) is 0 Å². The molecule has 0 atom stereocenters. The van der Waals surface area contributed by atoms with E-state index >= 15 is 0 Å². The van der Waals surface area contributed by atoms with Crippen molar-refractivity contribution < 1.29 is 4.74 Å². The molecule has 1 fully saturated rings. The van der Waals surface area contributed by atoms with Crippen molar-refractivity contribution in [1.82, 2.24) is 15.1 Å². The van der Waals surface area contributed by atoms with Crippen LogP contribution in [0.5, 0.6) is 5.88 Å². The van der Waals surface area contributed by atoms with Gasteiger partial charge in [0.1, 0.15) is 11.9 Å². The van der Waals surface area contributed by atoms with Gasteiger partial charge in [-0.25, -0.2) is 0 Å². The summed E-state index contributed by atoms with van der Waals surface area (Å²) in [4.78, 5) is 2.29. The number of nitrogens with one attached hydrogen (secondary N) is 1. The summed E-state index contributed by atoms with van der Waals surface area (Å²) >= 11 is 0. The zero-order valence-corrected chi connectivity index (χ0v) is 13.1. The summed E-state index contributed by atoms with van der Waals surface area (Å²) in [5.74, 6) is 0.436. The molecule has 0 saturated carbocycles. The number of nitrogens with zero attached hydrogens (tertiary/aromatic N) is 3. The molecule has 1 saturated heterocycles. The van der Waals surface area contributed by atoms with E-state index in [1.54, 1.807) is 0 Å². The standard InChI is InChI=1S/C15H25N5O/c1-4-11-12(5-2)18-19-15(13(11)14(16)17)21-10-6-8-20(3)9-7-10/h10H,4-9H2,1-3H3,(H3,16,17). The number of nitrogen functional groups attached to an aromatic ring is 1. The highest BCUT2D eigenvalue weighted by molar-refractivity contribution is 5.98. The lowest BCUT2D eigenvalue weighted by molar-refractivity contribution is 0.108. The average Bonchev–Trinajstić information content (AvgIpc) is 2.48. The average molecular weight is 291 g/mol. The van der Waals surface area contributed by atoms with Crippen LogP contribution in [-0.4, -0.2) is 47.2 Å². The third-order valence-corrected chi connectivity index (χ3v) is 4.03. The molecule has 21 heavy (non-hydrogen) atoms. The van der Waals surface area contributed by atoms with Crippen LogP contribution in [0.4, 0.5) is 0 Å². The van der Waals surface area contributed by atoms with Crippen LogP contribution in [0.25, 0.3) is 0 Å². The molecule has 0 spiro atoms. The monoisotopic (exact) mass is 291 g/mol. The molecule has 1 aromatic heterocycles. The molecular formula is C15H25N5O. The van der Waals surface area contributed by atoms with Crippen molar-refractivity contribution in [2.75, 3.05) is 20.1 Å². The van der Waals surface area contributed by atoms with Crippen LogP contribution >= 0.6 is 0 Å². The molecule has 1 aliphatic heterocycles. The van der Waals surface area contributed by atoms with Gasteiger partial charge in [-0.05, 0) is 38.3 Å². The smallest absolute Gasteiger partial charge is 0.245 e. The molecule has 0 bridgehead atoms. The van der Waals surface area contributed by atoms with E-state index < -0.39 is 0 Å². The largest absolute Gasteiger partial charge is 0.473 e. The highest BCUT2D eigenvalue weighted by atomic mass is 16.5. The highest BCUT2D eigenvalue weighted by Crippen LogP contribution is 2.25. The topological polar surface area (TPSA) is 88.1 Å². The summed E-state index contributed by atoms with van der Waals surface area (Å²) < 4.78 is 6.02. The minimum Gasteiger partial charge on any atom is -0.473 e. The van der Waals surface area contributed by atoms with Crippen LogP contribution < -0.4 is 10.5 Å². The molecule has 1 aromatic rings. The van der Waals surface area contributed by atoms with Crippen molar-refractivity contribution in [1.29, 1.82) is 5.41 Å². The lowest BCUT2D eigenvalue weighted by Crippen LogP contribution is -2.36. The summed E-state index contributed by atoms with van der Waals surface area (Å²) in [6.45, 7) is 6.11. The summed E-state index contributed by atoms with van der Waals surface area (Å²) in [7, 11) is 2.11. The maximum atomic E-state index is 7.86. The van der Waals surface area contributed by atoms with Crippen molar-refractivity contribution in [2.45, 2.75) is 45.6 Å². The minimum absolute atomic E-state index is 0.0133. The second kappa shape index (κ2) is 6.85. The highest BCUT2D eigenvalue weighted by Gasteiger charge is 2.23. The van der Waals surface area contributed by atoms with Crippen molar-refractivity contribution in [3.63, 3.8) is 0 Å². The van der Waals surface area contributed by atoms with E-state index in [1.165, 1.54) is 0 Å². The Kier molecular flexibility index (Phi) is 5.12. The van der Waals surface area contributed by atoms with Gasteiger partial charge in [-0.1, -0.05) is 13.8 Å². The Morgan fingerprint density at radius 2 is 1.95 bits per heavy atom. The number of ether oxygens (including phenoxy) is 1. The van der Waals surface area contributed by atoms with Gasteiger partial charge in [-0.15, -0.1) is 5.10 Å². The van der Waals surface area contributed by atoms with Gasteiger partial charge in [-0.3, -0.25) is 5.41 Å². The third-order valence-electron chi connectivity index (χ3n) is 4.03. The van der Waals surface area contributed by atoms with E-state index in [1.807, 2.05) is 13.8 Å². The molecule has 6 nitrogen and oxygen atoms in total. The normalized spacial score (nSPS) is 16.9. The first-order chi connectivity index (χ1) is 10.1. The number of hydrogen-bond donors (Lipinski definition) is 2. The van der Waals surface area contributed by atoms with Gasteiger partial charge in [0.05, 0.1) is 11.3 Å². The maximum absolute atomic E-state index is 7.86. The fourth-order valence-electron chi connectivity index (χ4n) is 2.78. The Hall–Kier alpha value is -1.69. The molecule has 0 amide bonds. The van der Waals surface area contributed by atoms with E-state index in [4.69, 9.17) is 15.9 Å². The number of aryl methyl sites for hydroxylation is 1. The number of likely N-dealkylation sites (tertiary alicyclic amines) is 1. The summed E-state index contributed by atoms with van der Waals surface area (Å²) in [6.07, 6.45) is 3.62. The lowest BCUT2D eigenvalue weighted by atomic mass is 10.0. The van der Waals surface area contributed by atoms with Crippen molar-refractivity contribution in [3.05, 3.63) is 16.8 Å². The molecule has 0 radical (unpaired) electrons. The number of rotatable bonds is 5. The minimum atomic E-state index is 0.0133. The molecule has 2 rings (SSSR count). The first-order valence-corrected chi connectivity index (χ1v) is 7.64. The molecule has 6 heteroatoms. The molecule has 0 unspecified atom stereocenters. The Bertz CT molecular complexity index is 509. The Balaban J connectivity index is 2.28. The van der Waals surface area contributed by atoms with E-state index in [0.29, 0.717) is 11.4 Å². The van der Waals surface area contributed by atoms with Crippen molar-refractivity contribution >= 4 is 5.84 Å². The van der Waals surface area contributed by atoms with Crippen LogP contribution in [0.1, 0.15) is 43.5 Å². The van der Waals surface area contributed by atoms with E-state index in [9.17, 15) is 0 Å². The quantitative estimate of drug-likeness (QED) is 0.631. The van der Waals surface area contributed by atoms with Crippen LogP contribution in [0.2, 0.25) is 0 Å². The summed E-state index contributed by atoms with van der Waals surface area (Å²) in [6, 6.07) is 0. The zero-order chi connectivity index (χ0) is 15.4. The Morgan fingerprint density at radius 1 is 1.29 bits per heavy atom. The van der Waals surface area contributed by atoms with E-state index in [-0.39, 0.29) is 11.9 Å². The van der Waals surface area contributed by atoms with Gasteiger partial charge in [0.15, 0.2) is 0 Å². The van der Waals surface area contributed by atoms with Crippen molar-refractivity contribution in [3.8, 4) is 5.88 Å². The van der Waals surface area contributed by atoms with E-state index in [0.717, 1.165) is 50.0 Å². The first-order valence-electron chi connectivity index (χ1n) is 7.64. The molecule has 1 aliphatic rings. The molecule has 0 aromatic carbocycles. The molecule has 116 valence electrons. The van der Waals surface area contributed by atoms with Gasteiger partial charge < -0.3 is 15.4 Å². The van der Waals surface area contributed by atoms with E-state index in [2.05, 4.69) is 22.1 Å². The van der Waals surface area contributed by atoms with Gasteiger partial charge in [-0.2, -0.15) is 5.10 Å². The molecule has 2 heterocycles. The maximum Gasteiger partial charge on any atom is 0.245 e. The number of nitrogens with two attached hydrogens (primary N) is 1. The molecular weight excluding hydrogens is 266 g/mol. The predicted octanol–water partition coefficient (Wildman–Crippen LogP) is 1.36. The fraction of sp³-hybridized carbons (Fsp3) is 0.667. The molecule has 3 N–H and O–H groups in total. The SMILES string of the molecule is CCc1nnc(OC2CCN(C)CC2)c(C(=N)N)c1CC. The predicted molar refractivity (Wildman–Crippen MR) is 83.0 cm³/mol. The number of amidine groups is 1. The summed E-state index contributed by atoms with van der Waals surface area (Å²) in [5, 5.41) is 16.3. The van der Waals surface area contributed by atoms with Gasteiger partial charge in [0, 0.05) is 13.1 Å². The van der Waals surface area contributed by atoms with Crippen molar-refractivity contribution in [2.24, 2.45) is 5.73 Å². The number of aromatic nitrogens is 2. The lowest BCUT2D eigenvalue weighted by Gasteiger charge is -2.29. The second-order valence-electron chi connectivity index (χ2n) is 5.55. The Labute approximate surface area is 126 Å². The fourth-order valence-corrected chi connectivity index (χ4v) is 2.78. The molecule has 0 aliphatic carbocycles. The van der Waals surface area contributed by atoms with Crippen LogP contribution in [0.3, 0.4) is 0 Å². The van der Waals surface area contributed by atoms with Gasteiger partial charge >= 0.3 is 0 Å². The number of piperidine rings is 1. The third kappa shape index (κ3) is 3.50. The first kappa shape index (κ1) is 15.7. The Morgan fingerprint density at radius 3 is 2.48 bits per heavy atom. The second-order valence-corrected chi connectivity index (χ2v) is 5.55. The zero-order valence-electron chi connectivity index (χ0n) is 13.1. The number of hydrogen-bond acceptors (Lipinski definition) is 5. The van der Waals surface area contributed by atoms with Gasteiger partial charge in [0.25, 0.3) is 0 Å².